The highest BCUT2D eigenvalue weighted by molar-refractivity contribution is 5.94. The molecule has 4 nitrogen and oxygen atoms in total. The van der Waals surface area contributed by atoms with Gasteiger partial charge in [-0.05, 0) is 36.8 Å². The molecular weight excluding hydrogens is 240 g/mol. The number of nitrogens with zero attached hydrogens (tertiary/aromatic N) is 2. The maximum absolute atomic E-state index is 11.3. The van der Waals surface area contributed by atoms with Gasteiger partial charge in [0.15, 0.2) is 0 Å². The van der Waals surface area contributed by atoms with E-state index in [0.29, 0.717) is 12.1 Å². The molecule has 4 heteroatoms. The summed E-state index contributed by atoms with van der Waals surface area (Å²) in [6.45, 7) is 2.53. The van der Waals surface area contributed by atoms with Crippen molar-refractivity contribution in [3.05, 3.63) is 59.4 Å². The molecule has 98 valence electrons. The first-order valence-electron chi connectivity index (χ1n) is 6.02. The van der Waals surface area contributed by atoms with Crippen LogP contribution in [0.25, 0.3) is 0 Å². The number of carboxylic acid groups (broad SMARTS) is 1. The average Bonchev–Trinajstić information content (AvgIpc) is 2.39. The zero-order chi connectivity index (χ0) is 13.8. The standard InChI is InChI=1S/C15H16N2O2/c1-11-3-4-14(13(9-11)15(18)19)17(2)10-12-5-7-16-8-6-12/h3-9H,10H2,1-2H3,(H,18,19). The molecule has 0 saturated heterocycles. The van der Waals surface area contributed by atoms with E-state index in [1.165, 1.54) is 0 Å². The van der Waals surface area contributed by atoms with Crippen LogP contribution in [0, 0.1) is 6.92 Å². The highest BCUT2D eigenvalue weighted by atomic mass is 16.4. The fourth-order valence-corrected chi connectivity index (χ4v) is 2.00. The van der Waals surface area contributed by atoms with Crippen LogP contribution in [0.15, 0.2) is 42.7 Å². The average molecular weight is 256 g/mol. The van der Waals surface area contributed by atoms with E-state index in [-0.39, 0.29) is 0 Å². The van der Waals surface area contributed by atoms with Crippen molar-refractivity contribution in [3.8, 4) is 0 Å². The van der Waals surface area contributed by atoms with Crippen molar-refractivity contribution < 1.29 is 9.90 Å². The van der Waals surface area contributed by atoms with Crippen molar-refractivity contribution in [3.63, 3.8) is 0 Å². The van der Waals surface area contributed by atoms with Gasteiger partial charge in [-0.15, -0.1) is 0 Å². The number of carboxylic acids is 1. The molecule has 0 amide bonds. The first-order chi connectivity index (χ1) is 9.08. The number of hydrogen-bond donors (Lipinski definition) is 1. The third-order valence-electron chi connectivity index (χ3n) is 2.96. The molecule has 2 rings (SSSR count). The van der Waals surface area contributed by atoms with Gasteiger partial charge in [0.25, 0.3) is 0 Å². The summed E-state index contributed by atoms with van der Waals surface area (Å²) < 4.78 is 0. The summed E-state index contributed by atoms with van der Waals surface area (Å²) >= 11 is 0. The van der Waals surface area contributed by atoms with Gasteiger partial charge < -0.3 is 10.0 Å². The SMILES string of the molecule is Cc1ccc(N(C)Cc2ccncc2)c(C(=O)O)c1. The van der Waals surface area contributed by atoms with Crippen molar-refractivity contribution in [1.29, 1.82) is 0 Å². The molecule has 0 spiro atoms. The third-order valence-corrected chi connectivity index (χ3v) is 2.96. The minimum Gasteiger partial charge on any atom is -0.478 e. The number of hydrogen-bond acceptors (Lipinski definition) is 3. The summed E-state index contributed by atoms with van der Waals surface area (Å²) in [6, 6.07) is 9.31. The molecule has 0 bridgehead atoms. The number of benzene rings is 1. The van der Waals surface area contributed by atoms with Gasteiger partial charge in [-0.3, -0.25) is 4.98 Å². The molecule has 19 heavy (non-hydrogen) atoms. The Labute approximate surface area is 112 Å². The molecule has 0 fully saturated rings. The Morgan fingerprint density at radius 3 is 2.58 bits per heavy atom. The van der Waals surface area contributed by atoms with Gasteiger partial charge in [-0.2, -0.15) is 0 Å². The Kier molecular flexibility index (Phi) is 3.80. The number of aromatic nitrogens is 1. The Hall–Kier alpha value is -2.36. The second-order valence-electron chi connectivity index (χ2n) is 4.54. The Bertz CT molecular complexity index is 582. The van der Waals surface area contributed by atoms with Crippen LogP contribution in [-0.4, -0.2) is 23.1 Å². The third kappa shape index (κ3) is 3.10. The first kappa shape index (κ1) is 13.1. The number of aromatic carboxylic acids is 1. The van der Waals surface area contributed by atoms with Crippen molar-refractivity contribution in [2.75, 3.05) is 11.9 Å². The van der Waals surface area contributed by atoms with E-state index in [1.54, 1.807) is 18.5 Å². The lowest BCUT2D eigenvalue weighted by Crippen LogP contribution is -2.19. The van der Waals surface area contributed by atoms with Gasteiger partial charge in [0.05, 0.1) is 11.3 Å². The summed E-state index contributed by atoms with van der Waals surface area (Å²) in [7, 11) is 1.89. The van der Waals surface area contributed by atoms with Crippen molar-refractivity contribution >= 4 is 11.7 Å². The van der Waals surface area contributed by atoms with Crippen LogP contribution in [0.2, 0.25) is 0 Å². The van der Waals surface area contributed by atoms with Crippen LogP contribution >= 0.6 is 0 Å². The predicted octanol–water partition coefficient (Wildman–Crippen LogP) is 2.72. The van der Waals surface area contributed by atoms with Crippen LogP contribution in [0.4, 0.5) is 5.69 Å². The van der Waals surface area contributed by atoms with Crippen LogP contribution in [0.1, 0.15) is 21.5 Å². The number of rotatable bonds is 4. The van der Waals surface area contributed by atoms with Crippen LogP contribution < -0.4 is 4.90 Å². The molecule has 1 aromatic heterocycles. The zero-order valence-electron chi connectivity index (χ0n) is 11.0. The van der Waals surface area contributed by atoms with Gasteiger partial charge in [0.1, 0.15) is 0 Å². The number of anilines is 1. The van der Waals surface area contributed by atoms with Gasteiger partial charge in [-0.25, -0.2) is 4.79 Å². The predicted molar refractivity (Wildman–Crippen MR) is 74.5 cm³/mol. The number of carbonyl (C=O) groups is 1. The molecular formula is C15H16N2O2. The quantitative estimate of drug-likeness (QED) is 0.913. The largest absolute Gasteiger partial charge is 0.478 e. The number of aryl methyl sites for hydroxylation is 1. The lowest BCUT2D eigenvalue weighted by molar-refractivity contribution is 0.0697. The minimum atomic E-state index is -0.903. The van der Waals surface area contributed by atoms with E-state index in [4.69, 9.17) is 0 Å². The highest BCUT2D eigenvalue weighted by Gasteiger charge is 2.13. The molecule has 1 aromatic carbocycles. The molecule has 0 atom stereocenters. The Balaban J connectivity index is 2.28. The summed E-state index contributed by atoms with van der Waals surface area (Å²) in [4.78, 5) is 17.2. The monoisotopic (exact) mass is 256 g/mol. The highest BCUT2D eigenvalue weighted by Crippen LogP contribution is 2.22. The fourth-order valence-electron chi connectivity index (χ4n) is 2.00. The molecule has 0 radical (unpaired) electrons. The maximum Gasteiger partial charge on any atom is 0.337 e. The van der Waals surface area contributed by atoms with Crippen LogP contribution in [0.5, 0.6) is 0 Å². The summed E-state index contributed by atoms with van der Waals surface area (Å²) in [5.41, 5.74) is 3.08. The lowest BCUT2D eigenvalue weighted by Gasteiger charge is -2.21. The van der Waals surface area contributed by atoms with E-state index < -0.39 is 5.97 Å². The second-order valence-corrected chi connectivity index (χ2v) is 4.54. The first-order valence-corrected chi connectivity index (χ1v) is 6.02. The Morgan fingerprint density at radius 2 is 1.95 bits per heavy atom. The Morgan fingerprint density at radius 1 is 1.26 bits per heavy atom. The van der Waals surface area contributed by atoms with Crippen LogP contribution in [0.3, 0.4) is 0 Å². The van der Waals surface area contributed by atoms with Gasteiger partial charge in [-0.1, -0.05) is 11.6 Å². The van der Waals surface area contributed by atoms with Crippen LogP contribution in [-0.2, 0) is 6.54 Å². The summed E-state index contributed by atoms with van der Waals surface area (Å²) in [5, 5.41) is 9.27. The van der Waals surface area contributed by atoms with Gasteiger partial charge in [0, 0.05) is 26.0 Å². The second kappa shape index (κ2) is 5.52. The molecule has 2 aromatic rings. The van der Waals surface area contributed by atoms with Gasteiger partial charge >= 0.3 is 5.97 Å². The molecule has 0 saturated carbocycles. The van der Waals surface area contributed by atoms with E-state index in [0.717, 1.165) is 16.8 Å². The summed E-state index contributed by atoms with van der Waals surface area (Å²) in [5.74, 6) is -0.903. The fraction of sp³-hybridized carbons (Fsp3) is 0.200. The minimum absolute atomic E-state index is 0.330. The molecule has 1 heterocycles. The molecule has 0 aliphatic rings. The molecule has 0 unspecified atom stereocenters. The summed E-state index contributed by atoms with van der Waals surface area (Å²) in [6.07, 6.45) is 3.47. The normalized spacial score (nSPS) is 10.2. The van der Waals surface area contributed by atoms with E-state index >= 15 is 0 Å². The smallest absolute Gasteiger partial charge is 0.337 e. The van der Waals surface area contributed by atoms with Crippen molar-refractivity contribution in [2.45, 2.75) is 13.5 Å². The van der Waals surface area contributed by atoms with E-state index in [2.05, 4.69) is 4.98 Å². The van der Waals surface area contributed by atoms with E-state index in [9.17, 15) is 9.90 Å². The van der Waals surface area contributed by atoms with Crippen molar-refractivity contribution in [1.82, 2.24) is 4.98 Å². The lowest BCUT2D eigenvalue weighted by atomic mass is 10.1. The maximum atomic E-state index is 11.3. The molecule has 1 N–H and O–H groups in total. The van der Waals surface area contributed by atoms with E-state index in [1.807, 2.05) is 43.1 Å². The topological polar surface area (TPSA) is 53.4 Å². The van der Waals surface area contributed by atoms with Gasteiger partial charge in [0.2, 0.25) is 0 Å². The van der Waals surface area contributed by atoms with Crippen molar-refractivity contribution in [2.24, 2.45) is 0 Å². The molecule has 0 aliphatic carbocycles. The number of pyridine rings is 1. The molecule has 0 aliphatic heterocycles. The zero-order valence-corrected chi connectivity index (χ0v) is 11.0.